The molecule has 0 bridgehead atoms. The Morgan fingerprint density at radius 2 is 2.08 bits per heavy atom. The average Bonchev–Trinajstić information content (AvgIpc) is 3.30. The van der Waals surface area contributed by atoms with Gasteiger partial charge in [0.2, 0.25) is 5.91 Å². The fraction of sp³-hybridized carbons (Fsp3) is 0.536. The van der Waals surface area contributed by atoms with Crippen LogP contribution in [0.2, 0.25) is 0 Å². The molecule has 40 heavy (non-hydrogen) atoms. The Bertz CT molecular complexity index is 1270. The van der Waals surface area contributed by atoms with E-state index < -0.39 is 35.2 Å². The summed E-state index contributed by atoms with van der Waals surface area (Å²) in [5, 5.41) is 5.64. The minimum atomic E-state index is -4.69. The van der Waals surface area contributed by atoms with E-state index in [1.165, 1.54) is 24.3 Å². The van der Waals surface area contributed by atoms with Gasteiger partial charge in [-0.3, -0.25) is 4.79 Å². The van der Waals surface area contributed by atoms with Gasteiger partial charge < -0.3 is 19.7 Å². The van der Waals surface area contributed by atoms with Crippen LogP contribution >= 0.6 is 0 Å². The fourth-order valence-electron chi connectivity index (χ4n) is 5.16. The van der Waals surface area contributed by atoms with Gasteiger partial charge >= 0.3 is 12.1 Å². The highest BCUT2D eigenvalue weighted by molar-refractivity contribution is 5.95. The van der Waals surface area contributed by atoms with Gasteiger partial charge in [0.05, 0.1) is 12.6 Å². The lowest BCUT2D eigenvalue weighted by atomic mass is 9.87. The summed E-state index contributed by atoms with van der Waals surface area (Å²) < 4.78 is 69.9. The van der Waals surface area contributed by atoms with Crippen LogP contribution in [-0.2, 0) is 22.8 Å². The first-order valence-corrected chi connectivity index (χ1v) is 13.2. The van der Waals surface area contributed by atoms with Gasteiger partial charge in [-0.2, -0.15) is 17.7 Å². The molecule has 1 heterocycles. The summed E-state index contributed by atoms with van der Waals surface area (Å²) in [4.78, 5) is 18.5. The Balaban J connectivity index is 1.62. The maximum absolute atomic E-state index is 15.2. The van der Waals surface area contributed by atoms with Gasteiger partial charge in [-0.15, -0.1) is 0 Å². The molecule has 218 valence electrons. The molecule has 1 aromatic rings. The number of hydrogen-bond acceptors (Lipinski definition) is 6. The zero-order valence-corrected chi connectivity index (χ0v) is 23.4. The number of amides is 1. The molecule has 0 spiro atoms. The molecule has 3 aliphatic rings. The maximum atomic E-state index is 15.2. The van der Waals surface area contributed by atoms with E-state index in [1.54, 1.807) is 6.92 Å². The summed E-state index contributed by atoms with van der Waals surface area (Å²) in [5.74, 6) is -1.43. The van der Waals surface area contributed by atoms with Crippen molar-refractivity contribution in [3.8, 4) is 5.88 Å². The largest absolute Gasteiger partial charge is 0.464 e. The molecule has 0 saturated heterocycles. The van der Waals surface area contributed by atoms with Gasteiger partial charge in [-0.05, 0) is 39.8 Å². The lowest BCUT2D eigenvalue weighted by Crippen LogP contribution is -2.44. The summed E-state index contributed by atoms with van der Waals surface area (Å²) in [7, 11) is 6.54. The zero-order chi connectivity index (χ0) is 29.2. The van der Waals surface area contributed by atoms with Gasteiger partial charge in [-0.25, -0.2) is 9.71 Å². The van der Waals surface area contributed by atoms with Crippen LogP contribution in [0, 0.1) is 5.92 Å². The zero-order valence-electron chi connectivity index (χ0n) is 23.4. The van der Waals surface area contributed by atoms with Crippen LogP contribution in [-0.4, -0.2) is 61.8 Å². The molecule has 1 amide bonds. The number of anilines is 1. The van der Waals surface area contributed by atoms with Crippen LogP contribution in [0.5, 0.6) is 5.88 Å². The highest BCUT2D eigenvalue weighted by Gasteiger charge is 2.44. The molecule has 2 N–H and O–H groups in total. The van der Waals surface area contributed by atoms with Crippen molar-refractivity contribution in [1.82, 2.24) is 15.2 Å². The number of carbonyl (C=O) groups excluding carboxylic acids is 1. The van der Waals surface area contributed by atoms with E-state index >= 15 is 4.39 Å². The molecular formula is C28H36F4N5O3+. The number of ether oxygens (including phenoxy) is 2. The van der Waals surface area contributed by atoms with Crippen molar-refractivity contribution in [2.45, 2.75) is 50.5 Å². The van der Waals surface area contributed by atoms with Crippen molar-refractivity contribution >= 4 is 11.9 Å². The number of hydrogen-bond donors (Lipinski definition) is 2. The first-order valence-electron chi connectivity index (χ1n) is 13.2. The number of alkyl halides is 3. The third-order valence-corrected chi connectivity index (χ3v) is 7.61. The number of nitrogens with one attached hydrogen (secondary N) is 2. The second-order valence-electron chi connectivity index (χ2n) is 10.8. The van der Waals surface area contributed by atoms with Crippen LogP contribution in [0.15, 0.2) is 53.2 Å². The first kappa shape index (κ1) is 29.7. The molecule has 0 radical (unpaired) electrons. The molecular weight excluding hydrogens is 530 g/mol. The number of halogens is 4. The molecule has 3 aliphatic carbocycles. The SMILES string of the molecule is COC1(C)CC(C(=O)NCCN(C)C)=C(F)C=C1Nc1ncc(C(F)(F)F)c(OC2CC3=CC=CCC3C2)[n+]1C. The van der Waals surface area contributed by atoms with E-state index in [0.29, 0.717) is 32.1 Å². The Morgan fingerprint density at radius 1 is 1.32 bits per heavy atom. The average molecular weight is 567 g/mol. The lowest BCUT2D eigenvalue weighted by molar-refractivity contribution is -0.667. The Kier molecular flexibility index (Phi) is 8.69. The van der Waals surface area contributed by atoms with Gasteiger partial charge in [-0.1, -0.05) is 28.8 Å². The molecule has 0 aliphatic heterocycles. The van der Waals surface area contributed by atoms with Crippen molar-refractivity contribution in [1.29, 1.82) is 0 Å². The van der Waals surface area contributed by atoms with E-state index in [1.807, 2.05) is 37.2 Å². The highest BCUT2D eigenvalue weighted by Crippen LogP contribution is 2.41. The second kappa shape index (κ2) is 11.7. The van der Waals surface area contributed by atoms with E-state index in [9.17, 15) is 18.0 Å². The molecule has 0 aromatic carbocycles. The number of aromatic nitrogens is 2. The van der Waals surface area contributed by atoms with Gasteiger partial charge in [0, 0.05) is 39.1 Å². The van der Waals surface area contributed by atoms with Gasteiger partial charge in [0.1, 0.15) is 29.4 Å². The topological polar surface area (TPSA) is 79.6 Å². The van der Waals surface area contributed by atoms with Crippen molar-refractivity contribution in [3.63, 3.8) is 0 Å². The van der Waals surface area contributed by atoms with E-state index in [4.69, 9.17) is 9.47 Å². The van der Waals surface area contributed by atoms with E-state index in [2.05, 4.69) is 15.6 Å². The molecule has 3 atom stereocenters. The third kappa shape index (κ3) is 6.38. The summed E-state index contributed by atoms with van der Waals surface area (Å²) in [6, 6.07) is 0. The smallest absolute Gasteiger partial charge is 0.425 e. The second-order valence-corrected chi connectivity index (χ2v) is 10.8. The molecule has 8 nitrogen and oxygen atoms in total. The normalized spacial score (nSPS) is 24.6. The Labute approximate surface area is 231 Å². The monoisotopic (exact) mass is 566 g/mol. The highest BCUT2D eigenvalue weighted by atomic mass is 19.4. The first-order chi connectivity index (χ1) is 18.8. The van der Waals surface area contributed by atoms with Gasteiger partial charge in [0.25, 0.3) is 5.88 Å². The number of carbonyl (C=O) groups is 1. The molecule has 1 aromatic heterocycles. The Hall–Kier alpha value is -3.25. The van der Waals surface area contributed by atoms with Crippen LogP contribution in [0.3, 0.4) is 0 Å². The summed E-state index contributed by atoms with van der Waals surface area (Å²) in [6.45, 7) is 2.58. The van der Waals surface area contributed by atoms with Crippen LogP contribution in [0.1, 0.15) is 38.2 Å². The lowest BCUT2D eigenvalue weighted by Gasteiger charge is -2.32. The predicted molar refractivity (Wildman–Crippen MR) is 141 cm³/mol. The number of rotatable bonds is 9. The van der Waals surface area contributed by atoms with Crippen molar-refractivity contribution in [2.75, 3.05) is 39.6 Å². The predicted octanol–water partition coefficient (Wildman–Crippen LogP) is 3.97. The minimum absolute atomic E-state index is 0.000468. The van der Waals surface area contributed by atoms with Crippen LogP contribution in [0.4, 0.5) is 23.5 Å². The number of methoxy groups -OCH3 is 1. The van der Waals surface area contributed by atoms with Crippen molar-refractivity contribution in [2.24, 2.45) is 13.0 Å². The van der Waals surface area contributed by atoms with Crippen molar-refractivity contribution < 1.29 is 36.4 Å². The van der Waals surface area contributed by atoms with Crippen molar-refractivity contribution in [3.05, 3.63) is 58.7 Å². The number of fused-ring (bicyclic) bond motifs is 1. The summed E-state index contributed by atoms with van der Waals surface area (Å²) in [5.41, 5.74) is -0.883. The summed E-state index contributed by atoms with van der Waals surface area (Å²) >= 11 is 0. The van der Waals surface area contributed by atoms with E-state index in [0.717, 1.165) is 12.5 Å². The molecule has 1 saturated carbocycles. The van der Waals surface area contributed by atoms with Crippen LogP contribution < -0.4 is 19.9 Å². The number of likely N-dealkylation sites (N-methyl/N-ethyl adjacent to an activating group) is 1. The van der Waals surface area contributed by atoms with Crippen LogP contribution in [0.25, 0.3) is 0 Å². The quantitative estimate of drug-likeness (QED) is 0.348. The third-order valence-electron chi connectivity index (χ3n) is 7.61. The fourth-order valence-corrected chi connectivity index (χ4v) is 5.16. The molecule has 1 fully saturated rings. The molecule has 12 heteroatoms. The summed E-state index contributed by atoms with van der Waals surface area (Å²) in [6.07, 6.45) is 4.62. The van der Waals surface area contributed by atoms with E-state index in [-0.39, 0.29) is 35.4 Å². The number of allylic oxidation sites excluding steroid dienone is 5. The minimum Gasteiger partial charge on any atom is -0.464 e. The maximum Gasteiger partial charge on any atom is 0.425 e. The Morgan fingerprint density at radius 3 is 2.73 bits per heavy atom. The molecule has 3 unspecified atom stereocenters. The standard InChI is InChI=1S/C28H35F4N5O3/c1-27(39-5)15-20(24(38)33-10-11-36(2)3)22(29)14-23(27)35-26-34-16-21(28(30,31)32)25(37(26)4)40-19-12-17-8-6-7-9-18(17)13-19/h6-8,14,16,18-19H,9-13,15H2,1-5H3,(H,33,38)/p+1. The van der Waals surface area contributed by atoms with Gasteiger partial charge in [0.15, 0.2) is 5.56 Å². The number of nitrogens with zero attached hydrogens (tertiary/aromatic N) is 3. The molecule has 4 rings (SSSR count).